The molecule has 0 saturated carbocycles. The molecule has 1 saturated heterocycles. The number of urea groups is 1. The number of nitrogens with one attached hydrogen (secondary N) is 1. The maximum absolute atomic E-state index is 12.1. The van der Waals surface area contributed by atoms with Crippen LogP contribution in [-0.4, -0.2) is 18.0 Å². The third-order valence-electron chi connectivity index (χ3n) is 3.15. The molecular weight excluding hydrogens is 230 g/mol. The summed E-state index contributed by atoms with van der Waals surface area (Å²) < 4.78 is 0. The molecule has 3 amide bonds. The molecule has 1 aromatic carbocycles. The lowest BCUT2D eigenvalue weighted by Crippen LogP contribution is -2.58. The number of rotatable bonds is 1. The fraction of sp³-hybridized carbons (Fsp3) is 0.308. The van der Waals surface area contributed by atoms with Gasteiger partial charge in [0.2, 0.25) is 5.91 Å². The van der Waals surface area contributed by atoms with Crippen LogP contribution >= 0.6 is 0 Å². The Morgan fingerprint density at radius 3 is 2.72 bits per heavy atom. The van der Waals surface area contributed by atoms with Crippen molar-refractivity contribution < 1.29 is 9.59 Å². The summed E-state index contributed by atoms with van der Waals surface area (Å²) in [4.78, 5) is 25.1. The fourth-order valence-electron chi connectivity index (χ4n) is 1.86. The molecule has 92 valence electrons. The monoisotopic (exact) mass is 243 g/mol. The van der Waals surface area contributed by atoms with Gasteiger partial charge in [0.15, 0.2) is 0 Å². The summed E-state index contributed by atoms with van der Waals surface area (Å²) in [5.74, 6) is -0.533. The maximum Gasteiger partial charge on any atom is 0.328 e. The second-order valence-corrected chi connectivity index (χ2v) is 4.36. The molecule has 2 rings (SSSR count). The van der Waals surface area contributed by atoms with E-state index in [1.165, 1.54) is 6.07 Å². The molecule has 1 aliphatic rings. The lowest BCUT2D eigenvalue weighted by Gasteiger charge is -2.34. The lowest BCUT2D eigenvalue weighted by atomic mass is 9.99. The summed E-state index contributed by atoms with van der Waals surface area (Å²) in [6, 6.07) is 7.81. The highest BCUT2D eigenvalue weighted by Gasteiger charge is 2.36. The molecular formula is C13H13N3O2. The molecule has 0 bridgehead atoms. The summed E-state index contributed by atoms with van der Waals surface area (Å²) in [6.45, 7) is 3.57. The Bertz CT molecular complexity index is 547. The minimum absolute atomic E-state index is 0.180. The van der Waals surface area contributed by atoms with Crippen LogP contribution in [0.25, 0.3) is 0 Å². The number of anilines is 1. The molecule has 2 atom stereocenters. The molecule has 1 N–H and O–H groups in total. The van der Waals surface area contributed by atoms with E-state index < -0.39 is 6.03 Å². The van der Waals surface area contributed by atoms with E-state index in [2.05, 4.69) is 5.32 Å². The van der Waals surface area contributed by atoms with Crippen molar-refractivity contribution in [3.63, 3.8) is 0 Å². The number of imide groups is 1. The Balaban J connectivity index is 2.40. The van der Waals surface area contributed by atoms with E-state index in [4.69, 9.17) is 5.26 Å². The molecule has 5 nitrogen and oxygen atoms in total. The van der Waals surface area contributed by atoms with Gasteiger partial charge in [-0.1, -0.05) is 13.0 Å². The van der Waals surface area contributed by atoms with Crippen LogP contribution in [0.15, 0.2) is 24.3 Å². The molecule has 0 aliphatic carbocycles. The van der Waals surface area contributed by atoms with Crippen molar-refractivity contribution in [2.24, 2.45) is 5.92 Å². The standard InChI is InChI=1S/C13H13N3O2/c1-8-9(2)15-13(18)16(12(8)17)11-5-3-4-10(6-11)7-14/h3-6,8-9H,1-2H3,(H,15,18). The molecule has 18 heavy (non-hydrogen) atoms. The van der Waals surface area contributed by atoms with E-state index in [-0.39, 0.29) is 17.9 Å². The predicted molar refractivity (Wildman–Crippen MR) is 65.8 cm³/mol. The minimum atomic E-state index is -0.444. The molecule has 5 heteroatoms. The van der Waals surface area contributed by atoms with E-state index in [9.17, 15) is 9.59 Å². The van der Waals surface area contributed by atoms with Crippen LogP contribution in [0.4, 0.5) is 10.5 Å². The zero-order valence-corrected chi connectivity index (χ0v) is 10.2. The predicted octanol–water partition coefficient (Wildman–Crippen LogP) is 1.64. The average molecular weight is 243 g/mol. The number of nitrogens with zero attached hydrogens (tertiary/aromatic N) is 2. The number of hydrogen-bond acceptors (Lipinski definition) is 3. The van der Waals surface area contributed by atoms with E-state index >= 15 is 0 Å². The topological polar surface area (TPSA) is 73.2 Å². The summed E-state index contributed by atoms with van der Waals surface area (Å²) in [5, 5.41) is 11.6. The average Bonchev–Trinajstić information content (AvgIpc) is 2.36. The summed E-state index contributed by atoms with van der Waals surface area (Å²) in [7, 11) is 0. The van der Waals surface area contributed by atoms with Gasteiger partial charge in [-0.05, 0) is 25.1 Å². The smallest absolute Gasteiger partial charge is 0.328 e. The first-order chi connectivity index (χ1) is 8.54. The van der Waals surface area contributed by atoms with Gasteiger partial charge in [-0.25, -0.2) is 9.69 Å². The quantitative estimate of drug-likeness (QED) is 0.814. The van der Waals surface area contributed by atoms with Crippen molar-refractivity contribution in [1.82, 2.24) is 5.32 Å². The van der Waals surface area contributed by atoms with Crippen LogP contribution in [0.2, 0.25) is 0 Å². The first kappa shape index (κ1) is 12.1. The van der Waals surface area contributed by atoms with Crippen LogP contribution in [0.1, 0.15) is 19.4 Å². The van der Waals surface area contributed by atoms with Gasteiger partial charge in [0.05, 0.1) is 23.2 Å². The van der Waals surface area contributed by atoms with Gasteiger partial charge < -0.3 is 5.32 Å². The Labute approximate surface area is 105 Å². The molecule has 0 radical (unpaired) electrons. The van der Waals surface area contributed by atoms with Crippen molar-refractivity contribution in [1.29, 1.82) is 5.26 Å². The van der Waals surface area contributed by atoms with E-state index in [0.29, 0.717) is 11.3 Å². The number of benzene rings is 1. The highest BCUT2D eigenvalue weighted by Crippen LogP contribution is 2.23. The van der Waals surface area contributed by atoms with Crippen LogP contribution in [0.3, 0.4) is 0 Å². The SMILES string of the molecule is CC1NC(=O)N(c2cccc(C#N)c2)C(=O)C1C. The number of amides is 3. The highest BCUT2D eigenvalue weighted by molar-refractivity contribution is 6.16. The molecule has 0 aromatic heterocycles. The summed E-state index contributed by atoms with van der Waals surface area (Å²) >= 11 is 0. The number of hydrogen-bond donors (Lipinski definition) is 1. The minimum Gasteiger partial charge on any atom is -0.334 e. The lowest BCUT2D eigenvalue weighted by molar-refractivity contribution is -0.122. The molecule has 0 spiro atoms. The first-order valence-electron chi connectivity index (χ1n) is 5.69. The molecule has 1 aliphatic heterocycles. The Morgan fingerprint density at radius 2 is 2.06 bits per heavy atom. The molecule has 2 unspecified atom stereocenters. The third-order valence-corrected chi connectivity index (χ3v) is 3.15. The van der Waals surface area contributed by atoms with E-state index in [1.807, 2.05) is 6.07 Å². The van der Waals surface area contributed by atoms with E-state index in [1.54, 1.807) is 32.0 Å². The molecule has 1 aromatic rings. The highest BCUT2D eigenvalue weighted by atomic mass is 16.2. The number of carbonyl (C=O) groups excluding carboxylic acids is 2. The van der Waals surface area contributed by atoms with Gasteiger partial charge in [0, 0.05) is 6.04 Å². The molecule has 1 heterocycles. The number of carbonyl (C=O) groups is 2. The Morgan fingerprint density at radius 1 is 1.33 bits per heavy atom. The van der Waals surface area contributed by atoms with Gasteiger partial charge in [-0.3, -0.25) is 4.79 Å². The van der Waals surface area contributed by atoms with Gasteiger partial charge in [0.25, 0.3) is 0 Å². The maximum atomic E-state index is 12.1. The van der Waals surface area contributed by atoms with Gasteiger partial charge >= 0.3 is 6.03 Å². The Hall–Kier alpha value is -2.35. The zero-order valence-electron chi connectivity index (χ0n) is 10.2. The van der Waals surface area contributed by atoms with Gasteiger partial charge in [-0.15, -0.1) is 0 Å². The van der Waals surface area contributed by atoms with Crippen LogP contribution < -0.4 is 10.2 Å². The number of nitriles is 1. The van der Waals surface area contributed by atoms with Crippen molar-refractivity contribution in [2.45, 2.75) is 19.9 Å². The second-order valence-electron chi connectivity index (χ2n) is 4.36. The van der Waals surface area contributed by atoms with Crippen molar-refractivity contribution in [3.05, 3.63) is 29.8 Å². The van der Waals surface area contributed by atoms with Gasteiger partial charge in [0.1, 0.15) is 0 Å². The summed E-state index contributed by atoms with van der Waals surface area (Å²) in [5.41, 5.74) is 0.842. The van der Waals surface area contributed by atoms with Crippen LogP contribution in [0.5, 0.6) is 0 Å². The van der Waals surface area contributed by atoms with Crippen molar-refractivity contribution in [2.75, 3.05) is 4.90 Å². The summed E-state index contributed by atoms with van der Waals surface area (Å²) in [6.07, 6.45) is 0. The normalized spacial score (nSPS) is 23.5. The second kappa shape index (κ2) is 4.49. The Kier molecular flexibility index (Phi) is 3.02. The van der Waals surface area contributed by atoms with Crippen LogP contribution in [-0.2, 0) is 4.79 Å². The van der Waals surface area contributed by atoms with Crippen molar-refractivity contribution >= 4 is 17.6 Å². The van der Waals surface area contributed by atoms with Crippen LogP contribution in [0, 0.1) is 17.2 Å². The third kappa shape index (κ3) is 1.93. The largest absolute Gasteiger partial charge is 0.334 e. The van der Waals surface area contributed by atoms with Gasteiger partial charge in [-0.2, -0.15) is 5.26 Å². The van der Waals surface area contributed by atoms with Crippen molar-refractivity contribution in [3.8, 4) is 6.07 Å². The first-order valence-corrected chi connectivity index (χ1v) is 5.69. The zero-order chi connectivity index (χ0) is 13.3. The molecule has 1 fully saturated rings. The fourth-order valence-corrected chi connectivity index (χ4v) is 1.86. The van der Waals surface area contributed by atoms with E-state index in [0.717, 1.165) is 4.90 Å².